The smallest absolute Gasteiger partial charge is 0.332 e. The van der Waals surface area contributed by atoms with Crippen LogP contribution in [-0.4, -0.2) is 37.2 Å². The number of methoxy groups -OCH3 is 1. The third-order valence-electron chi connectivity index (χ3n) is 2.98. The van der Waals surface area contributed by atoms with Gasteiger partial charge in [-0.1, -0.05) is 12.1 Å². The number of aryl methyl sites for hydroxylation is 1. The van der Waals surface area contributed by atoms with Gasteiger partial charge in [0.1, 0.15) is 5.70 Å². The molecule has 6 nitrogen and oxygen atoms in total. The monoisotopic (exact) mass is 292 g/mol. The summed E-state index contributed by atoms with van der Waals surface area (Å²) < 4.78 is 4.54. The molecule has 3 N–H and O–H groups in total. The molecule has 0 saturated carbocycles. The normalized spacial score (nSPS) is 11.0. The van der Waals surface area contributed by atoms with Gasteiger partial charge in [0.15, 0.2) is 0 Å². The number of hydrogen-bond acceptors (Lipinski definition) is 5. The van der Waals surface area contributed by atoms with Crippen LogP contribution >= 0.6 is 0 Å². The van der Waals surface area contributed by atoms with Crippen molar-refractivity contribution in [2.45, 2.75) is 13.8 Å². The summed E-state index contributed by atoms with van der Waals surface area (Å²) >= 11 is 0. The van der Waals surface area contributed by atoms with Crippen LogP contribution in [-0.2, 0) is 14.3 Å². The van der Waals surface area contributed by atoms with Gasteiger partial charge in [0.05, 0.1) is 19.8 Å². The Kier molecular flexibility index (Phi) is 6.42. The van der Waals surface area contributed by atoms with Crippen molar-refractivity contribution in [3.63, 3.8) is 0 Å². The minimum Gasteiger partial charge on any atom is -0.466 e. The number of rotatable bonds is 6. The number of esters is 1. The maximum atomic E-state index is 12.0. The van der Waals surface area contributed by atoms with Crippen LogP contribution in [0.25, 0.3) is 0 Å². The number of carbonyl (C=O) groups is 2. The van der Waals surface area contributed by atoms with Gasteiger partial charge in [-0.05, 0) is 31.0 Å². The molecule has 1 amide bonds. The van der Waals surface area contributed by atoms with Gasteiger partial charge >= 0.3 is 5.97 Å². The van der Waals surface area contributed by atoms with Gasteiger partial charge in [-0.15, -0.1) is 0 Å². The first kappa shape index (κ1) is 16.7. The molecule has 0 aliphatic heterocycles. The van der Waals surface area contributed by atoms with Gasteiger partial charge in [-0.3, -0.25) is 4.79 Å². The van der Waals surface area contributed by atoms with Crippen molar-refractivity contribution >= 4 is 17.6 Å². The molecule has 0 heterocycles. The molecule has 0 aliphatic rings. The fraction of sp³-hybridized carbons (Fsp3) is 0.333. The van der Waals surface area contributed by atoms with Crippen molar-refractivity contribution < 1.29 is 19.4 Å². The average Bonchev–Trinajstić information content (AvgIpc) is 2.48. The lowest BCUT2D eigenvalue weighted by Crippen LogP contribution is -2.31. The molecule has 0 bridgehead atoms. The van der Waals surface area contributed by atoms with Crippen molar-refractivity contribution in [3.8, 4) is 0 Å². The lowest BCUT2D eigenvalue weighted by molar-refractivity contribution is -0.135. The summed E-state index contributed by atoms with van der Waals surface area (Å²) in [6, 6.07) is 5.62. The summed E-state index contributed by atoms with van der Waals surface area (Å²) in [6.07, 6.45) is 1.08. The van der Waals surface area contributed by atoms with Crippen LogP contribution in [0.4, 0.5) is 5.69 Å². The van der Waals surface area contributed by atoms with Crippen LogP contribution in [0, 0.1) is 13.8 Å². The van der Waals surface area contributed by atoms with E-state index in [4.69, 9.17) is 5.11 Å². The molecule has 0 radical (unpaired) electrons. The Balaban J connectivity index is 3.02. The molecule has 0 atom stereocenters. The molecule has 0 fully saturated rings. The highest BCUT2D eigenvalue weighted by molar-refractivity contribution is 6.01. The minimum atomic E-state index is -0.637. The van der Waals surface area contributed by atoms with Crippen molar-refractivity contribution in [3.05, 3.63) is 41.1 Å². The molecule has 0 unspecified atom stereocenters. The Morgan fingerprint density at radius 1 is 1.33 bits per heavy atom. The van der Waals surface area contributed by atoms with Crippen molar-refractivity contribution in [1.82, 2.24) is 5.32 Å². The van der Waals surface area contributed by atoms with Crippen molar-refractivity contribution in [2.24, 2.45) is 0 Å². The van der Waals surface area contributed by atoms with Crippen LogP contribution in [0.3, 0.4) is 0 Å². The summed E-state index contributed by atoms with van der Waals surface area (Å²) in [5.41, 5.74) is 2.82. The summed E-state index contributed by atoms with van der Waals surface area (Å²) in [6.45, 7) is 3.79. The van der Waals surface area contributed by atoms with E-state index in [9.17, 15) is 9.59 Å². The van der Waals surface area contributed by atoms with Gasteiger partial charge in [0.2, 0.25) is 0 Å². The second kappa shape index (κ2) is 8.06. The Bertz CT molecular complexity index is 553. The van der Waals surface area contributed by atoms with E-state index in [-0.39, 0.29) is 18.8 Å². The minimum absolute atomic E-state index is 0.0593. The van der Waals surface area contributed by atoms with Gasteiger partial charge in [0.25, 0.3) is 5.91 Å². The number of benzene rings is 1. The number of carbonyl (C=O) groups excluding carboxylic acids is 2. The van der Waals surface area contributed by atoms with Crippen molar-refractivity contribution in [2.75, 3.05) is 25.6 Å². The highest BCUT2D eigenvalue weighted by Crippen LogP contribution is 2.19. The molecule has 0 aromatic heterocycles. The van der Waals surface area contributed by atoms with Crippen LogP contribution in [0.5, 0.6) is 0 Å². The molecular formula is C15H20N2O4. The van der Waals surface area contributed by atoms with E-state index in [0.717, 1.165) is 22.9 Å². The third-order valence-corrected chi connectivity index (χ3v) is 2.98. The maximum Gasteiger partial charge on any atom is 0.332 e. The second-order valence-electron chi connectivity index (χ2n) is 4.43. The van der Waals surface area contributed by atoms with E-state index in [1.165, 1.54) is 7.11 Å². The maximum absolute atomic E-state index is 12.0. The SMILES string of the molecule is COC(=O)/C=C(\Nc1cccc(C)c1C)C(=O)NCCO. The number of nitrogens with one attached hydrogen (secondary N) is 2. The Morgan fingerprint density at radius 3 is 2.67 bits per heavy atom. The molecule has 1 aromatic rings. The summed E-state index contributed by atoms with van der Waals surface area (Å²) in [5, 5.41) is 14.2. The lowest BCUT2D eigenvalue weighted by atomic mass is 10.1. The average molecular weight is 292 g/mol. The van der Waals surface area contributed by atoms with Crippen LogP contribution in [0.2, 0.25) is 0 Å². The highest BCUT2D eigenvalue weighted by atomic mass is 16.5. The fourth-order valence-electron chi connectivity index (χ4n) is 1.63. The largest absolute Gasteiger partial charge is 0.466 e. The predicted molar refractivity (Wildman–Crippen MR) is 79.7 cm³/mol. The number of amides is 1. The molecule has 1 rings (SSSR count). The summed E-state index contributed by atoms with van der Waals surface area (Å²) in [4.78, 5) is 23.4. The first-order valence-corrected chi connectivity index (χ1v) is 6.51. The molecule has 21 heavy (non-hydrogen) atoms. The van der Waals surface area contributed by atoms with Crippen molar-refractivity contribution in [1.29, 1.82) is 0 Å². The fourth-order valence-corrected chi connectivity index (χ4v) is 1.63. The number of aliphatic hydroxyl groups excluding tert-OH is 1. The lowest BCUT2D eigenvalue weighted by Gasteiger charge is -2.14. The number of anilines is 1. The summed E-state index contributed by atoms with van der Waals surface area (Å²) in [5.74, 6) is -1.13. The Morgan fingerprint density at radius 2 is 2.05 bits per heavy atom. The third kappa shape index (κ3) is 4.92. The molecule has 0 saturated heterocycles. The molecule has 6 heteroatoms. The molecular weight excluding hydrogens is 272 g/mol. The van der Waals surface area contributed by atoms with E-state index in [0.29, 0.717) is 0 Å². The summed E-state index contributed by atoms with van der Waals surface area (Å²) in [7, 11) is 1.24. The molecule has 0 spiro atoms. The molecule has 0 aliphatic carbocycles. The Hall–Kier alpha value is -2.34. The zero-order chi connectivity index (χ0) is 15.8. The second-order valence-corrected chi connectivity index (χ2v) is 4.43. The van der Waals surface area contributed by atoms with Gasteiger partial charge < -0.3 is 20.5 Å². The number of hydrogen-bond donors (Lipinski definition) is 3. The zero-order valence-electron chi connectivity index (χ0n) is 12.4. The van der Waals surface area contributed by atoms with Gasteiger partial charge in [0, 0.05) is 12.2 Å². The first-order chi connectivity index (χ1) is 9.99. The standard InChI is InChI=1S/C15H20N2O4/c1-10-5-4-6-12(11(10)2)17-13(9-14(19)21-3)15(20)16-7-8-18/h4-6,9,17-18H,7-8H2,1-3H3,(H,16,20)/b13-9-. The highest BCUT2D eigenvalue weighted by Gasteiger charge is 2.13. The molecule has 114 valence electrons. The van der Waals surface area contributed by atoms with Gasteiger partial charge in [-0.25, -0.2) is 4.79 Å². The van der Waals surface area contributed by atoms with Gasteiger partial charge in [-0.2, -0.15) is 0 Å². The predicted octanol–water partition coefficient (Wildman–Crippen LogP) is 0.881. The molecule has 1 aromatic carbocycles. The number of aliphatic hydroxyl groups is 1. The van der Waals surface area contributed by atoms with Crippen LogP contribution < -0.4 is 10.6 Å². The van der Waals surface area contributed by atoms with Crippen LogP contribution in [0.1, 0.15) is 11.1 Å². The van der Waals surface area contributed by atoms with E-state index in [2.05, 4.69) is 15.4 Å². The van der Waals surface area contributed by atoms with E-state index in [1.807, 2.05) is 32.0 Å². The van der Waals surface area contributed by atoms with E-state index >= 15 is 0 Å². The van der Waals surface area contributed by atoms with E-state index < -0.39 is 11.9 Å². The number of ether oxygens (including phenoxy) is 1. The quantitative estimate of drug-likeness (QED) is 0.535. The van der Waals surface area contributed by atoms with Crippen LogP contribution in [0.15, 0.2) is 30.0 Å². The topological polar surface area (TPSA) is 87.7 Å². The zero-order valence-corrected chi connectivity index (χ0v) is 12.4. The van der Waals surface area contributed by atoms with E-state index in [1.54, 1.807) is 0 Å². The first-order valence-electron chi connectivity index (χ1n) is 6.51. The Labute approximate surface area is 123 Å².